The predicted octanol–water partition coefficient (Wildman–Crippen LogP) is 4.25. The molecule has 0 aromatic heterocycles. The number of nitrogens with one attached hydrogen (secondary N) is 2. The maximum atomic E-state index is 12.6. The van der Waals surface area contributed by atoms with Crippen LogP contribution in [-0.4, -0.2) is 36.3 Å². The van der Waals surface area contributed by atoms with Crippen molar-refractivity contribution in [2.24, 2.45) is 0 Å². The molecule has 0 aliphatic rings. The zero-order chi connectivity index (χ0) is 21.0. The summed E-state index contributed by atoms with van der Waals surface area (Å²) in [6.07, 6.45) is 0. The van der Waals surface area contributed by atoms with Gasteiger partial charge >= 0.3 is 5.97 Å². The van der Waals surface area contributed by atoms with Crippen molar-refractivity contribution in [3.05, 3.63) is 50.5 Å². The van der Waals surface area contributed by atoms with Crippen molar-refractivity contribution in [1.29, 1.82) is 0 Å². The van der Waals surface area contributed by atoms with E-state index in [0.717, 1.165) is 5.56 Å². The molecule has 0 saturated heterocycles. The molecule has 148 valence electrons. The van der Waals surface area contributed by atoms with E-state index in [9.17, 15) is 14.7 Å². The fraction of sp³-hybridized carbons (Fsp3) is 0.167. The lowest BCUT2D eigenvalue weighted by atomic mass is 10.1. The second kappa shape index (κ2) is 9.22. The van der Waals surface area contributed by atoms with E-state index in [1.165, 1.54) is 26.4 Å². The lowest BCUT2D eigenvalue weighted by Crippen LogP contribution is -2.34. The maximum absolute atomic E-state index is 12.6. The van der Waals surface area contributed by atoms with Crippen molar-refractivity contribution < 1.29 is 24.2 Å². The third-order valence-corrected chi connectivity index (χ3v) is 4.60. The van der Waals surface area contributed by atoms with Crippen LogP contribution in [0.5, 0.6) is 11.5 Å². The van der Waals surface area contributed by atoms with Gasteiger partial charge in [-0.25, -0.2) is 4.79 Å². The predicted molar refractivity (Wildman–Crippen MR) is 114 cm³/mol. The van der Waals surface area contributed by atoms with E-state index in [-0.39, 0.29) is 32.7 Å². The van der Waals surface area contributed by atoms with Crippen molar-refractivity contribution in [3.8, 4) is 11.5 Å². The van der Waals surface area contributed by atoms with E-state index in [4.69, 9.17) is 33.3 Å². The van der Waals surface area contributed by atoms with Gasteiger partial charge in [0.1, 0.15) is 5.75 Å². The Morgan fingerprint density at radius 2 is 1.79 bits per heavy atom. The number of thiocarbonyl (C=S) groups is 1. The molecule has 10 heteroatoms. The van der Waals surface area contributed by atoms with Crippen LogP contribution < -0.4 is 20.1 Å². The highest BCUT2D eigenvalue weighted by atomic mass is 79.9. The van der Waals surface area contributed by atoms with Crippen LogP contribution in [-0.2, 0) is 0 Å². The van der Waals surface area contributed by atoms with E-state index in [1.54, 1.807) is 13.0 Å². The minimum Gasteiger partial charge on any atom is -0.496 e. The Morgan fingerprint density at radius 3 is 2.36 bits per heavy atom. The Balaban J connectivity index is 2.28. The Bertz CT molecular complexity index is 967. The highest BCUT2D eigenvalue weighted by Crippen LogP contribution is 2.34. The first-order chi connectivity index (χ1) is 13.2. The zero-order valence-corrected chi connectivity index (χ0v) is 18.2. The van der Waals surface area contributed by atoms with E-state index < -0.39 is 11.9 Å². The van der Waals surface area contributed by atoms with Gasteiger partial charge in [-0.1, -0.05) is 27.5 Å². The Kier molecular flexibility index (Phi) is 7.22. The molecule has 0 spiro atoms. The van der Waals surface area contributed by atoms with Crippen molar-refractivity contribution in [1.82, 2.24) is 5.32 Å². The third-order valence-electron chi connectivity index (χ3n) is 3.66. The number of amides is 1. The Morgan fingerprint density at radius 1 is 1.14 bits per heavy atom. The van der Waals surface area contributed by atoms with Gasteiger partial charge in [-0.2, -0.15) is 0 Å². The number of carbonyl (C=O) groups is 2. The summed E-state index contributed by atoms with van der Waals surface area (Å²) in [6, 6.07) is 5.97. The van der Waals surface area contributed by atoms with Crippen molar-refractivity contribution in [2.45, 2.75) is 6.92 Å². The number of aromatic carboxylic acids is 1. The summed E-state index contributed by atoms with van der Waals surface area (Å²) in [6.45, 7) is 1.81. The van der Waals surface area contributed by atoms with Crippen molar-refractivity contribution in [2.75, 3.05) is 19.5 Å². The number of benzene rings is 2. The van der Waals surface area contributed by atoms with Gasteiger partial charge in [0, 0.05) is 4.47 Å². The number of hydrogen-bond donors (Lipinski definition) is 3. The molecule has 0 unspecified atom stereocenters. The summed E-state index contributed by atoms with van der Waals surface area (Å²) in [5.74, 6) is -1.06. The highest BCUT2D eigenvalue weighted by molar-refractivity contribution is 9.10. The fourth-order valence-corrected chi connectivity index (χ4v) is 3.58. The molecular formula is C18H16BrClN2O5S. The van der Waals surface area contributed by atoms with Gasteiger partial charge in [-0.15, -0.1) is 0 Å². The SMILES string of the molecule is COc1c(Cl)cc(C(=O)O)cc1NC(=S)NC(=O)c1cc(Br)cc(C)c1OC. The van der Waals surface area contributed by atoms with Crippen molar-refractivity contribution in [3.63, 3.8) is 0 Å². The first kappa shape index (κ1) is 21.9. The van der Waals surface area contributed by atoms with Gasteiger partial charge in [0.15, 0.2) is 10.9 Å². The molecule has 2 aromatic carbocycles. The number of anilines is 1. The summed E-state index contributed by atoms with van der Waals surface area (Å²) in [7, 11) is 2.84. The quantitative estimate of drug-likeness (QED) is 0.542. The number of carbonyl (C=O) groups excluding carboxylic acids is 1. The number of carboxylic acids is 1. The van der Waals surface area contributed by atoms with E-state index in [2.05, 4.69) is 26.6 Å². The number of carboxylic acid groups (broad SMARTS) is 1. The monoisotopic (exact) mass is 486 g/mol. The minimum absolute atomic E-state index is 0.0632. The molecule has 2 aromatic rings. The molecule has 0 aliphatic heterocycles. The van der Waals surface area contributed by atoms with Gasteiger partial charge in [-0.3, -0.25) is 10.1 Å². The number of aryl methyl sites for hydroxylation is 1. The first-order valence-electron chi connectivity index (χ1n) is 7.75. The maximum Gasteiger partial charge on any atom is 0.335 e. The highest BCUT2D eigenvalue weighted by Gasteiger charge is 2.19. The number of methoxy groups -OCH3 is 2. The minimum atomic E-state index is -1.17. The average Bonchev–Trinajstić information content (AvgIpc) is 2.60. The lowest BCUT2D eigenvalue weighted by Gasteiger charge is -2.16. The van der Waals surface area contributed by atoms with Crippen LogP contribution in [0, 0.1) is 6.92 Å². The number of ether oxygens (including phenoxy) is 2. The van der Waals surface area contributed by atoms with Gasteiger partial charge in [-0.05, 0) is 49.0 Å². The van der Waals surface area contributed by atoms with Gasteiger partial charge < -0.3 is 19.9 Å². The van der Waals surface area contributed by atoms with E-state index in [1.807, 2.05) is 6.07 Å². The normalized spacial score (nSPS) is 10.2. The molecule has 3 N–H and O–H groups in total. The molecular weight excluding hydrogens is 472 g/mol. The molecule has 0 radical (unpaired) electrons. The van der Waals surface area contributed by atoms with Crippen LogP contribution in [0.3, 0.4) is 0 Å². The molecule has 0 heterocycles. The lowest BCUT2D eigenvalue weighted by molar-refractivity contribution is 0.0696. The molecule has 2 rings (SSSR count). The average molecular weight is 488 g/mol. The number of hydrogen-bond acceptors (Lipinski definition) is 5. The molecule has 0 bridgehead atoms. The van der Waals surface area contributed by atoms with Crippen LogP contribution in [0.4, 0.5) is 5.69 Å². The smallest absolute Gasteiger partial charge is 0.335 e. The van der Waals surface area contributed by atoms with Crippen LogP contribution in [0.2, 0.25) is 5.02 Å². The number of halogens is 2. The van der Waals surface area contributed by atoms with Crippen LogP contribution >= 0.6 is 39.7 Å². The van der Waals surface area contributed by atoms with Crippen LogP contribution in [0.1, 0.15) is 26.3 Å². The molecule has 1 amide bonds. The third kappa shape index (κ3) is 4.92. The summed E-state index contributed by atoms with van der Waals surface area (Å²) in [4.78, 5) is 23.9. The fourth-order valence-electron chi connectivity index (χ4n) is 2.51. The summed E-state index contributed by atoms with van der Waals surface area (Å²) in [5, 5.41) is 14.5. The standard InChI is InChI=1S/C18H16BrClN2O5S/c1-8-4-10(19)7-11(14(8)26-2)16(23)22-18(28)21-13-6-9(17(24)25)5-12(20)15(13)27-3/h4-7H,1-3H3,(H,24,25)(H2,21,22,23,28). The molecule has 28 heavy (non-hydrogen) atoms. The van der Waals surface area contributed by atoms with Gasteiger partial charge in [0.05, 0.1) is 36.1 Å². The largest absolute Gasteiger partial charge is 0.496 e. The Labute approximate surface area is 180 Å². The second-order valence-electron chi connectivity index (χ2n) is 5.56. The number of rotatable bonds is 5. The van der Waals surface area contributed by atoms with Crippen molar-refractivity contribution >= 4 is 62.4 Å². The molecule has 7 nitrogen and oxygen atoms in total. The molecule has 0 aliphatic carbocycles. The molecule has 0 saturated carbocycles. The van der Waals surface area contributed by atoms with Crippen LogP contribution in [0.15, 0.2) is 28.7 Å². The summed E-state index contributed by atoms with van der Waals surface area (Å²) in [5.41, 5.74) is 1.19. The summed E-state index contributed by atoms with van der Waals surface area (Å²) < 4.78 is 11.2. The van der Waals surface area contributed by atoms with Gasteiger partial charge in [0.25, 0.3) is 5.91 Å². The Hall–Kier alpha value is -2.36. The second-order valence-corrected chi connectivity index (χ2v) is 7.29. The topological polar surface area (TPSA) is 96.9 Å². The van der Waals surface area contributed by atoms with Gasteiger partial charge in [0.2, 0.25) is 0 Å². The first-order valence-corrected chi connectivity index (χ1v) is 9.33. The zero-order valence-electron chi connectivity index (χ0n) is 15.1. The van der Waals surface area contributed by atoms with E-state index in [0.29, 0.717) is 10.2 Å². The summed E-state index contributed by atoms with van der Waals surface area (Å²) >= 11 is 14.6. The molecule has 0 fully saturated rings. The van der Waals surface area contributed by atoms with E-state index >= 15 is 0 Å². The molecule has 0 atom stereocenters. The van der Waals surface area contributed by atoms with Crippen LogP contribution in [0.25, 0.3) is 0 Å².